The van der Waals surface area contributed by atoms with Gasteiger partial charge in [0.1, 0.15) is 11.5 Å². The molecule has 0 bridgehead atoms. The highest BCUT2D eigenvalue weighted by Gasteiger charge is 2.24. The highest BCUT2D eigenvalue weighted by atomic mass is 19.1. The SMILES string of the molecule is O=C(OCc1nc(-c2ccc(F)cc2)no1)c1ccc(N2CCCC2)c([N+](=O)[O-])c1. The van der Waals surface area contributed by atoms with Gasteiger partial charge in [0.2, 0.25) is 5.82 Å². The maximum absolute atomic E-state index is 13.0. The Bertz CT molecular complexity index is 1080. The zero-order valence-electron chi connectivity index (χ0n) is 15.8. The van der Waals surface area contributed by atoms with Crippen LogP contribution >= 0.6 is 0 Å². The van der Waals surface area contributed by atoms with Gasteiger partial charge in [-0.25, -0.2) is 9.18 Å². The largest absolute Gasteiger partial charge is 0.452 e. The fourth-order valence-electron chi connectivity index (χ4n) is 3.26. The molecular formula is C20H17FN4O5. The van der Waals surface area contributed by atoms with Crippen molar-refractivity contribution in [1.82, 2.24) is 10.1 Å². The molecule has 0 radical (unpaired) electrons. The Balaban J connectivity index is 1.44. The smallest absolute Gasteiger partial charge is 0.338 e. The van der Waals surface area contributed by atoms with E-state index in [0.29, 0.717) is 11.3 Å². The average molecular weight is 412 g/mol. The molecular weight excluding hydrogens is 395 g/mol. The topological polar surface area (TPSA) is 112 Å². The first-order chi connectivity index (χ1) is 14.5. The van der Waals surface area contributed by atoms with Crippen LogP contribution in [0.25, 0.3) is 11.4 Å². The lowest BCUT2D eigenvalue weighted by molar-refractivity contribution is -0.384. The van der Waals surface area contributed by atoms with Gasteiger partial charge < -0.3 is 14.2 Å². The molecule has 1 saturated heterocycles. The molecule has 154 valence electrons. The van der Waals surface area contributed by atoms with Crippen molar-refractivity contribution in [1.29, 1.82) is 0 Å². The van der Waals surface area contributed by atoms with Crippen LogP contribution in [-0.2, 0) is 11.3 Å². The summed E-state index contributed by atoms with van der Waals surface area (Å²) in [5.74, 6) is -0.855. The van der Waals surface area contributed by atoms with E-state index in [4.69, 9.17) is 9.26 Å². The maximum atomic E-state index is 13.0. The lowest BCUT2D eigenvalue weighted by Gasteiger charge is -2.17. The summed E-state index contributed by atoms with van der Waals surface area (Å²) in [7, 11) is 0. The standard InChI is InChI=1S/C20H17FN4O5/c21-15-6-3-13(4-7-15)19-22-18(30-23-19)12-29-20(26)14-5-8-16(17(11-14)25(27)28)24-9-1-2-10-24/h3-8,11H,1-2,9-10,12H2. The summed E-state index contributed by atoms with van der Waals surface area (Å²) in [4.78, 5) is 29.3. The number of esters is 1. The summed E-state index contributed by atoms with van der Waals surface area (Å²) >= 11 is 0. The number of rotatable bonds is 6. The molecule has 4 rings (SSSR count). The van der Waals surface area contributed by atoms with Gasteiger partial charge in [-0.3, -0.25) is 10.1 Å². The lowest BCUT2D eigenvalue weighted by Crippen LogP contribution is -2.19. The first-order valence-corrected chi connectivity index (χ1v) is 9.30. The van der Waals surface area contributed by atoms with Crippen LogP contribution in [0.5, 0.6) is 0 Å². The monoisotopic (exact) mass is 412 g/mol. The van der Waals surface area contributed by atoms with Gasteiger partial charge in [0.25, 0.3) is 11.6 Å². The third kappa shape index (κ3) is 4.12. The Kier molecular flexibility index (Phi) is 5.38. The van der Waals surface area contributed by atoms with Crippen LogP contribution in [0.3, 0.4) is 0 Å². The molecule has 3 aromatic rings. The number of aromatic nitrogens is 2. The normalized spacial score (nSPS) is 13.4. The summed E-state index contributed by atoms with van der Waals surface area (Å²) in [5.41, 5.74) is 0.964. The van der Waals surface area contributed by atoms with Crippen molar-refractivity contribution in [2.24, 2.45) is 0 Å². The van der Waals surface area contributed by atoms with Gasteiger partial charge >= 0.3 is 5.97 Å². The van der Waals surface area contributed by atoms with Crippen molar-refractivity contribution < 1.29 is 23.4 Å². The molecule has 0 spiro atoms. The first-order valence-electron chi connectivity index (χ1n) is 9.30. The fourth-order valence-corrected chi connectivity index (χ4v) is 3.26. The van der Waals surface area contributed by atoms with Gasteiger partial charge in [0.05, 0.1) is 10.5 Å². The molecule has 1 aromatic heterocycles. The van der Waals surface area contributed by atoms with Crippen LogP contribution in [-0.4, -0.2) is 34.1 Å². The van der Waals surface area contributed by atoms with Crippen molar-refractivity contribution >= 4 is 17.3 Å². The van der Waals surface area contributed by atoms with Crippen molar-refractivity contribution in [2.75, 3.05) is 18.0 Å². The number of ether oxygens (including phenoxy) is 1. The van der Waals surface area contributed by atoms with Crippen molar-refractivity contribution in [3.8, 4) is 11.4 Å². The van der Waals surface area contributed by atoms with Crippen LogP contribution in [0, 0.1) is 15.9 Å². The number of carbonyl (C=O) groups is 1. The summed E-state index contributed by atoms with van der Waals surface area (Å²) in [6.45, 7) is 1.20. The molecule has 1 aliphatic rings. The van der Waals surface area contributed by atoms with E-state index < -0.39 is 10.9 Å². The van der Waals surface area contributed by atoms with Gasteiger partial charge in [-0.15, -0.1) is 0 Å². The van der Waals surface area contributed by atoms with Gasteiger partial charge in [0.15, 0.2) is 6.61 Å². The summed E-state index contributed by atoms with van der Waals surface area (Å²) in [6, 6.07) is 9.82. The minimum atomic E-state index is -0.743. The number of hydrogen-bond donors (Lipinski definition) is 0. The first kappa shape index (κ1) is 19.5. The van der Waals surface area contributed by atoms with Crippen LogP contribution in [0.2, 0.25) is 0 Å². The molecule has 0 atom stereocenters. The number of carbonyl (C=O) groups excluding carboxylic acids is 1. The third-order valence-electron chi connectivity index (χ3n) is 4.75. The zero-order chi connectivity index (χ0) is 21.1. The minimum absolute atomic E-state index is 0.0471. The van der Waals surface area contributed by atoms with E-state index in [1.807, 2.05) is 4.90 Å². The van der Waals surface area contributed by atoms with E-state index in [9.17, 15) is 19.3 Å². The number of nitrogens with zero attached hydrogens (tertiary/aromatic N) is 4. The van der Waals surface area contributed by atoms with E-state index >= 15 is 0 Å². The number of nitro benzene ring substituents is 1. The minimum Gasteiger partial charge on any atom is -0.452 e. The molecule has 0 N–H and O–H groups in total. The molecule has 2 heterocycles. The van der Waals surface area contributed by atoms with E-state index in [1.54, 1.807) is 6.07 Å². The second-order valence-electron chi connectivity index (χ2n) is 6.75. The fraction of sp³-hybridized carbons (Fsp3) is 0.250. The van der Waals surface area contributed by atoms with Gasteiger partial charge in [-0.2, -0.15) is 4.98 Å². The molecule has 9 nitrogen and oxygen atoms in total. The molecule has 1 aliphatic heterocycles. The number of halogens is 1. The second kappa shape index (κ2) is 8.27. The lowest BCUT2D eigenvalue weighted by atomic mass is 10.1. The van der Waals surface area contributed by atoms with E-state index in [0.717, 1.165) is 25.9 Å². The van der Waals surface area contributed by atoms with E-state index in [-0.39, 0.29) is 35.4 Å². The number of anilines is 1. The summed E-state index contributed by atoms with van der Waals surface area (Å²) in [6.07, 6.45) is 1.95. The molecule has 2 aromatic carbocycles. The predicted molar refractivity (Wildman–Crippen MR) is 103 cm³/mol. The van der Waals surface area contributed by atoms with Crippen molar-refractivity contribution in [2.45, 2.75) is 19.4 Å². The van der Waals surface area contributed by atoms with E-state index in [2.05, 4.69) is 10.1 Å². The average Bonchev–Trinajstić information content (AvgIpc) is 3.44. The molecule has 0 unspecified atom stereocenters. The Morgan fingerprint density at radius 3 is 2.63 bits per heavy atom. The maximum Gasteiger partial charge on any atom is 0.338 e. The zero-order valence-corrected chi connectivity index (χ0v) is 15.8. The molecule has 10 heteroatoms. The van der Waals surface area contributed by atoms with Crippen LogP contribution < -0.4 is 4.90 Å². The highest BCUT2D eigenvalue weighted by Crippen LogP contribution is 2.32. The van der Waals surface area contributed by atoms with Crippen LogP contribution in [0.1, 0.15) is 29.1 Å². The van der Waals surface area contributed by atoms with E-state index in [1.165, 1.54) is 36.4 Å². The molecule has 0 amide bonds. The molecule has 0 aliphatic carbocycles. The molecule has 0 saturated carbocycles. The Morgan fingerprint density at radius 1 is 1.20 bits per heavy atom. The molecule has 30 heavy (non-hydrogen) atoms. The molecule has 1 fully saturated rings. The Labute approximate surface area is 170 Å². The van der Waals surface area contributed by atoms with Crippen molar-refractivity contribution in [3.63, 3.8) is 0 Å². The number of hydrogen-bond acceptors (Lipinski definition) is 8. The van der Waals surface area contributed by atoms with Gasteiger partial charge in [-0.05, 0) is 49.2 Å². The number of nitro groups is 1. The predicted octanol–water partition coefficient (Wildman–Crippen LogP) is 3.74. The summed E-state index contributed by atoms with van der Waals surface area (Å²) < 4.78 is 23.2. The quantitative estimate of drug-likeness (QED) is 0.342. The van der Waals surface area contributed by atoms with Crippen molar-refractivity contribution in [3.05, 3.63) is 69.9 Å². The van der Waals surface area contributed by atoms with Gasteiger partial charge in [0, 0.05) is 24.7 Å². The third-order valence-corrected chi connectivity index (χ3v) is 4.75. The Morgan fingerprint density at radius 2 is 1.93 bits per heavy atom. The van der Waals surface area contributed by atoms with Gasteiger partial charge in [-0.1, -0.05) is 5.16 Å². The Hall–Kier alpha value is -3.82. The van der Waals surface area contributed by atoms with Crippen LogP contribution in [0.15, 0.2) is 47.0 Å². The number of benzene rings is 2. The second-order valence-corrected chi connectivity index (χ2v) is 6.75. The van der Waals surface area contributed by atoms with Crippen LogP contribution in [0.4, 0.5) is 15.8 Å². The highest BCUT2D eigenvalue weighted by molar-refractivity contribution is 5.91. The summed E-state index contributed by atoms with van der Waals surface area (Å²) in [5, 5.41) is 15.2.